The number of aliphatic hydroxyl groups is 1. The van der Waals surface area contributed by atoms with Gasteiger partial charge in [0.2, 0.25) is 11.8 Å². The van der Waals surface area contributed by atoms with E-state index in [2.05, 4.69) is 16.8 Å². The van der Waals surface area contributed by atoms with Crippen LogP contribution >= 0.6 is 0 Å². The summed E-state index contributed by atoms with van der Waals surface area (Å²) in [5.74, 6) is 6.82. The number of rotatable bonds is 5. The number of amides is 2. The molecule has 2 fully saturated rings. The second kappa shape index (κ2) is 10.2. The zero-order valence-corrected chi connectivity index (χ0v) is 20.0. The maximum atomic E-state index is 12.9. The highest BCUT2D eigenvalue weighted by Crippen LogP contribution is 2.43. The van der Waals surface area contributed by atoms with Crippen LogP contribution in [0.2, 0.25) is 0 Å². The monoisotopic (exact) mass is 481 g/mol. The lowest BCUT2D eigenvalue weighted by atomic mass is 9.73. The molecule has 182 valence electrons. The molecule has 1 N–H and O–H groups in total. The molecule has 2 saturated heterocycles. The van der Waals surface area contributed by atoms with Crippen molar-refractivity contribution in [2.45, 2.75) is 24.4 Å². The van der Waals surface area contributed by atoms with E-state index in [4.69, 9.17) is 4.74 Å². The van der Waals surface area contributed by atoms with E-state index in [1.54, 1.807) is 35.4 Å². The molecule has 7 heteroatoms. The summed E-state index contributed by atoms with van der Waals surface area (Å²) in [6.07, 6.45) is 3.55. The summed E-state index contributed by atoms with van der Waals surface area (Å²) in [5, 5.41) is 10.0. The number of methoxy groups -OCH3 is 1. The number of hydrogen-bond donors (Lipinski definition) is 1. The van der Waals surface area contributed by atoms with Crippen molar-refractivity contribution in [2.24, 2.45) is 0 Å². The van der Waals surface area contributed by atoms with Gasteiger partial charge in [-0.25, -0.2) is 0 Å². The normalized spacial score (nSPS) is 20.6. The minimum atomic E-state index is -0.285. The number of aromatic nitrogens is 1. The van der Waals surface area contributed by atoms with Crippen LogP contribution in [0, 0.1) is 11.8 Å². The second-order valence-corrected chi connectivity index (χ2v) is 9.06. The molecule has 36 heavy (non-hydrogen) atoms. The highest BCUT2D eigenvalue weighted by atomic mass is 16.5. The van der Waals surface area contributed by atoms with Crippen LogP contribution in [0.4, 0.5) is 0 Å². The number of fused-ring (bicyclic) bond motifs is 1. The molecule has 2 aromatic carbocycles. The van der Waals surface area contributed by atoms with Gasteiger partial charge in [-0.15, -0.1) is 0 Å². The fourth-order valence-electron chi connectivity index (χ4n) is 5.11. The van der Waals surface area contributed by atoms with Crippen molar-refractivity contribution in [2.75, 3.05) is 26.8 Å². The van der Waals surface area contributed by atoms with Crippen molar-refractivity contribution in [1.29, 1.82) is 0 Å². The van der Waals surface area contributed by atoms with E-state index in [0.717, 1.165) is 28.0 Å². The Labute approximate surface area is 210 Å². The van der Waals surface area contributed by atoms with Gasteiger partial charge in [0.05, 0.1) is 38.8 Å². The number of nitrogens with zero attached hydrogens (tertiary/aromatic N) is 3. The summed E-state index contributed by atoms with van der Waals surface area (Å²) in [6, 6.07) is 18.7. The molecule has 1 aromatic heterocycles. The van der Waals surface area contributed by atoms with Gasteiger partial charge < -0.3 is 19.6 Å². The number of piperazine rings is 1. The van der Waals surface area contributed by atoms with E-state index in [9.17, 15) is 14.7 Å². The number of carbonyl (C=O) groups excluding carboxylic acids is 2. The summed E-state index contributed by atoms with van der Waals surface area (Å²) >= 11 is 0. The van der Waals surface area contributed by atoms with Crippen molar-refractivity contribution in [3.8, 4) is 17.6 Å². The zero-order valence-electron chi connectivity index (χ0n) is 20.0. The first-order chi connectivity index (χ1) is 17.6. The van der Waals surface area contributed by atoms with Crippen molar-refractivity contribution in [1.82, 2.24) is 14.8 Å². The molecule has 2 aliphatic heterocycles. The first-order valence-corrected chi connectivity index (χ1v) is 11.9. The molecular weight excluding hydrogens is 454 g/mol. The van der Waals surface area contributed by atoms with Crippen molar-refractivity contribution < 1.29 is 19.4 Å². The average Bonchev–Trinajstić information content (AvgIpc) is 2.90. The van der Waals surface area contributed by atoms with E-state index >= 15 is 0 Å². The molecule has 0 unspecified atom stereocenters. The van der Waals surface area contributed by atoms with Gasteiger partial charge >= 0.3 is 0 Å². The maximum Gasteiger partial charge on any atom is 0.242 e. The van der Waals surface area contributed by atoms with Gasteiger partial charge in [-0.2, -0.15) is 0 Å². The predicted octanol–water partition coefficient (Wildman–Crippen LogP) is 2.23. The Morgan fingerprint density at radius 2 is 1.92 bits per heavy atom. The van der Waals surface area contributed by atoms with Crippen LogP contribution in [-0.2, 0) is 16.0 Å². The molecule has 2 amide bonds. The Kier molecular flexibility index (Phi) is 6.70. The first-order valence-electron chi connectivity index (χ1n) is 11.9. The van der Waals surface area contributed by atoms with Crippen LogP contribution in [0.1, 0.15) is 28.2 Å². The van der Waals surface area contributed by atoms with E-state index in [1.807, 2.05) is 54.6 Å². The number of hydrogen-bond acceptors (Lipinski definition) is 5. The fourth-order valence-corrected chi connectivity index (χ4v) is 5.11. The summed E-state index contributed by atoms with van der Waals surface area (Å²) < 4.78 is 5.25. The number of pyridine rings is 1. The standard InChI is InChI=1S/C29H27N3O4/c1-36-24-6-2-4-21(14-24)8-7-20-9-11-23(12-10-20)29-25-17-31(18-28(35)32(25)26(29)19-33)27(34)15-22-5-3-13-30-16-22/h2-6,9-14,16,25-26,29,33H,15,17-19H2,1H3/t25-,26+,29+/m1/s1. The molecule has 0 radical (unpaired) electrons. The first kappa shape index (κ1) is 23.6. The van der Waals surface area contributed by atoms with Gasteiger partial charge in [0, 0.05) is 36.0 Å². The maximum absolute atomic E-state index is 12.9. The van der Waals surface area contributed by atoms with Crippen LogP contribution in [0.25, 0.3) is 0 Å². The van der Waals surface area contributed by atoms with Gasteiger partial charge in [-0.3, -0.25) is 14.6 Å². The molecule has 5 rings (SSSR count). The van der Waals surface area contributed by atoms with E-state index in [1.165, 1.54) is 0 Å². The van der Waals surface area contributed by atoms with Gasteiger partial charge in [0.15, 0.2) is 0 Å². The highest BCUT2D eigenvalue weighted by molar-refractivity contribution is 5.88. The summed E-state index contributed by atoms with van der Waals surface area (Å²) in [4.78, 5) is 33.2. The third-order valence-electron chi connectivity index (χ3n) is 6.90. The van der Waals surface area contributed by atoms with Gasteiger partial charge in [-0.05, 0) is 47.5 Å². The van der Waals surface area contributed by atoms with Crippen LogP contribution < -0.4 is 4.74 Å². The summed E-state index contributed by atoms with van der Waals surface area (Å²) in [5.41, 5.74) is 3.58. The molecule has 0 bridgehead atoms. The third kappa shape index (κ3) is 4.68. The lowest BCUT2D eigenvalue weighted by Gasteiger charge is -2.58. The fraction of sp³-hybridized carbons (Fsp3) is 0.276. The topological polar surface area (TPSA) is 83.0 Å². The highest BCUT2D eigenvalue weighted by Gasteiger charge is 2.54. The van der Waals surface area contributed by atoms with E-state index in [0.29, 0.717) is 6.54 Å². The quantitative estimate of drug-likeness (QED) is 0.565. The Balaban J connectivity index is 1.30. The van der Waals surface area contributed by atoms with Gasteiger partial charge in [-0.1, -0.05) is 36.1 Å². The van der Waals surface area contributed by atoms with Crippen LogP contribution in [0.3, 0.4) is 0 Å². The van der Waals surface area contributed by atoms with Crippen molar-refractivity contribution in [3.05, 3.63) is 95.3 Å². The molecule has 7 nitrogen and oxygen atoms in total. The number of carbonyl (C=O) groups is 2. The molecule has 3 heterocycles. The smallest absolute Gasteiger partial charge is 0.242 e. The van der Waals surface area contributed by atoms with Crippen molar-refractivity contribution in [3.63, 3.8) is 0 Å². The van der Waals surface area contributed by atoms with Gasteiger partial charge in [0.25, 0.3) is 0 Å². The molecule has 3 atom stereocenters. The molecule has 2 aliphatic rings. The van der Waals surface area contributed by atoms with Crippen LogP contribution in [0.5, 0.6) is 5.75 Å². The third-order valence-corrected chi connectivity index (χ3v) is 6.90. The Morgan fingerprint density at radius 1 is 1.11 bits per heavy atom. The Morgan fingerprint density at radius 3 is 2.64 bits per heavy atom. The van der Waals surface area contributed by atoms with E-state index in [-0.39, 0.29) is 49.4 Å². The molecule has 0 aliphatic carbocycles. The second-order valence-electron chi connectivity index (χ2n) is 9.06. The lowest BCUT2D eigenvalue weighted by molar-refractivity contribution is -0.166. The zero-order chi connectivity index (χ0) is 25.1. The minimum absolute atomic E-state index is 0.0393. The average molecular weight is 482 g/mol. The minimum Gasteiger partial charge on any atom is -0.497 e. The van der Waals surface area contributed by atoms with Crippen LogP contribution in [0.15, 0.2) is 73.1 Å². The molecular formula is C29H27N3O4. The molecule has 0 saturated carbocycles. The number of aliphatic hydroxyl groups excluding tert-OH is 1. The summed E-state index contributed by atoms with van der Waals surface area (Å²) in [7, 11) is 1.63. The number of ether oxygens (including phenoxy) is 1. The van der Waals surface area contributed by atoms with Gasteiger partial charge in [0.1, 0.15) is 5.75 Å². The lowest BCUT2D eigenvalue weighted by Crippen LogP contribution is -2.73. The number of benzene rings is 2. The van der Waals surface area contributed by atoms with E-state index < -0.39 is 0 Å². The predicted molar refractivity (Wildman–Crippen MR) is 134 cm³/mol. The SMILES string of the molecule is COc1cccc(C#Cc2ccc([C@H]3[C@H]4CN(C(=O)Cc5cccnc5)CC(=O)N4[C@H]3CO)cc2)c1. The van der Waals surface area contributed by atoms with Crippen LogP contribution in [-0.4, -0.2) is 70.6 Å². The molecule has 0 spiro atoms. The Bertz CT molecular complexity index is 1310. The largest absolute Gasteiger partial charge is 0.497 e. The summed E-state index contributed by atoms with van der Waals surface area (Å²) in [6.45, 7) is 0.370. The van der Waals surface area contributed by atoms with Crippen molar-refractivity contribution >= 4 is 11.8 Å². The molecule has 3 aromatic rings. The Hall–Kier alpha value is -4.15.